The lowest BCUT2D eigenvalue weighted by atomic mass is 9.61. The average Bonchev–Trinajstić information content (AvgIpc) is 2.69. The van der Waals surface area contributed by atoms with Crippen LogP contribution in [0.3, 0.4) is 0 Å². The SMILES string of the molecule is COC(=O)c1cc2c(c(F)c1F)CC(C1CCC3CC(C)CCC3C1)CC2. The second-order valence-corrected chi connectivity index (χ2v) is 9.20. The molecule has 0 aliphatic heterocycles. The van der Waals surface area contributed by atoms with Crippen LogP contribution in [0.25, 0.3) is 0 Å². The Hall–Kier alpha value is -1.45. The molecule has 0 radical (unpaired) electrons. The topological polar surface area (TPSA) is 26.3 Å². The molecular weight excluding hydrogens is 346 g/mol. The minimum Gasteiger partial charge on any atom is -0.465 e. The van der Waals surface area contributed by atoms with Crippen LogP contribution < -0.4 is 0 Å². The van der Waals surface area contributed by atoms with E-state index in [0.717, 1.165) is 36.2 Å². The largest absolute Gasteiger partial charge is 0.465 e. The number of halogens is 2. The van der Waals surface area contributed by atoms with Gasteiger partial charge in [-0.2, -0.15) is 0 Å². The Morgan fingerprint density at radius 3 is 2.37 bits per heavy atom. The van der Waals surface area contributed by atoms with Gasteiger partial charge in [0.2, 0.25) is 0 Å². The lowest BCUT2D eigenvalue weighted by Crippen LogP contribution is -2.35. The highest BCUT2D eigenvalue weighted by atomic mass is 19.2. The normalized spacial score (nSPS) is 33.1. The van der Waals surface area contributed by atoms with E-state index in [4.69, 9.17) is 0 Å². The summed E-state index contributed by atoms with van der Waals surface area (Å²) in [5.41, 5.74) is 1.01. The van der Waals surface area contributed by atoms with E-state index in [9.17, 15) is 13.6 Å². The Balaban J connectivity index is 1.50. The van der Waals surface area contributed by atoms with Crippen molar-refractivity contribution in [1.82, 2.24) is 0 Å². The molecule has 4 rings (SSSR count). The maximum Gasteiger partial charge on any atom is 0.340 e. The first-order valence-corrected chi connectivity index (χ1v) is 10.6. The Kier molecular flexibility index (Phi) is 5.26. The molecule has 3 aliphatic carbocycles. The van der Waals surface area contributed by atoms with Crippen LogP contribution in [0.5, 0.6) is 0 Å². The summed E-state index contributed by atoms with van der Waals surface area (Å²) in [6.07, 6.45) is 10.2. The van der Waals surface area contributed by atoms with E-state index in [1.165, 1.54) is 51.7 Å². The van der Waals surface area contributed by atoms with Crippen molar-refractivity contribution < 1.29 is 18.3 Å². The van der Waals surface area contributed by atoms with Crippen molar-refractivity contribution >= 4 is 5.97 Å². The number of rotatable bonds is 2. The fourth-order valence-electron chi connectivity index (χ4n) is 6.11. The van der Waals surface area contributed by atoms with Gasteiger partial charge in [-0.3, -0.25) is 0 Å². The molecule has 27 heavy (non-hydrogen) atoms. The predicted molar refractivity (Wildman–Crippen MR) is 101 cm³/mol. The molecule has 2 fully saturated rings. The van der Waals surface area contributed by atoms with Gasteiger partial charge in [0.15, 0.2) is 11.6 Å². The third kappa shape index (κ3) is 3.52. The molecule has 0 N–H and O–H groups in total. The highest BCUT2D eigenvalue weighted by Gasteiger charge is 2.38. The highest BCUT2D eigenvalue weighted by Crippen LogP contribution is 2.48. The van der Waals surface area contributed by atoms with Crippen molar-refractivity contribution in [3.8, 4) is 0 Å². The van der Waals surface area contributed by atoms with E-state index in [-0.39, 0.29) is 5.56 Å². The molecule has 0 amide bonds. The first kappa shape index (κ1) is 18.9. The van der Waals surface area contributed by atoms with E-state index >= 15 is 0 Å². The van der Waals surface area contributed by atoms with Gasteiger partial charge in [0.1, 0.15) is 0 Å². The van der Waals surface area contributed by atoms with Crippen molar-refractivity contribution in [1.29, 1.82) is 0 Å². The molecule has 2 nitrogen and oxygen atoms in total. The number of esters is 1. The number of benzene rings is 1. The van der Waals surface area contributed by atoms with Gasteiger partial charge in [0, 0.05) is 0 Å². The van der Waals surface area contributed by atoms with Gasteiger partial charge < -0.3 is 4.74 Å². The number of carbonyl (C=O) groups excluding carboxylic acids is 1. The standard InChI is InChI=1S/C23H30F2O2/c1-13-3-4-15-10-16(6-5-14(15)9-13)17-7-8-18-12-20(23(26)27-2)22(25)21(24)19(18)11-17/h12-17H,3-11H2,1-2H3. The van der Waals surface area contributed by atoms with Gasteiger partial charge >= 0.3 is 5.97 Å². The lowest BCUT2D eigenvalue weighted by Gasteiger charge is -2.44. The maximum atomic E-state index is 14.7. The molecule has 2 saturated carbocycles. The number of hydrogen-bond donors (Lipinski definition) is 0. The maximum absolute atomic E-state index is 14.7. The van der Waals surface area contributed by atoms with E-state index in [2.05, 4.69) is 11.7 Å². The molecule has 0 spiro atoms. The molecule has 0 saturated heterocycles. The van der Waals surface area contributed by atoms with Crippen molar-refractivity contribution in [3.05, 3.63) is 34.4 Å². The van der Waals surface area contributed by atoms with Gasteiger partial charge in [0.25, 0.3) is 0 Å². The monoisotopic (exact) mass is 376 g/mol. The van der Waals surface area contributed by atoms with Gasteiger partial charge in [0.05, 0.1) is 12.7 Å². The van der Waals surface area contributed by atoms with Gasteiger partial charge in [-0.15, -0.1) is 0 Å². The lowest BCUT2D eigenvalue weighted by molar-refractivity contribution is 0.0593. The fourth-order valence-corrected chi connectivity index (χ4v) is 6.11. The van der Waals surface area contributed by atoms with Crippen LogP contribution in [0.15, 0.2) is 6.07 Å². The first-order chi connectivity index (χ1) is 13.0. The number of aryl methyl sites for hydroxylation is 1. The van der Waals surface area contributed by atoms with Crippen molar-refractivity contribution in [3.63, 3.8) is 0 Å². The average molecular weight is 376 g/mol. The second-order valence-electron chi connectivity index (χ2n) is 9.20. The zero-order valence-electron chi connectivity index (χ0n) is 16.4. The summed E-state index contributed by atoms with van der Waals surface area (Å²) in [6.45, 7) is 2.38. The summed E-state index contributed by atoms with van der Waals surface area (Å²) >= 11 is 0. The first-order valence-electron chi connectivity index (χ1n) is 10.6. The Morgan fingerprint density at radius 1 is 0.963 bits per heavy atom. The molecule has 0 bridgehead atoms. The van der Waals surface area contributed by atoms with Crippen LogP contribution in [0, 0.1) is 41.2 Å². The van der Waals surface area contributed by atoms with E-state index in [0.29, 0.717) is 23.8 Å². The summed E-state index contributed by atoms with van der Waals surface area (Å²) < 4.78 is 33.7. The van der Waals surface area contributed by atoms with E-state index in [1.54, 1.807) is 0 Å². The van der Waals surface area contributed by atoms with Crippen LogP contribution in [0.4, 0.5) is 8.78 Å². The van der Waals surface area contributed by atoms with Gasteiger partial charge in [-0.1, -0.05) is 13.3 Å². The third-order valence-electron chi connectivity index (χ3n) is 7.64. The summed E-state index contributed by atoms with van der Waals surface area (Å²) in [6, 6.07) is 1.51. The number of ether oxygens (including phenoxy) is 1. The minimum atomic E-state index is -1.05. The second kappa shape index (κ2) is 7.52. The molecular formula is C23H30F2O2. The smallest absolute Gasteiger partial charge is 0.340 e. The van der Waals surface area contributed by atoms with Crippen molar-refractivity contribution in [2.24, 2.45) is 29.6 Å². The van der Waals surface area contributed by atoms with Crippen molar-refractivity contribution in [2.75, 3.05) is 7.11 Å². The molecule has 1 aromatic rings. The summed E-state index contributed by atoms with van der Waals surface area (Å²) in [7, 11) is 1.19. The van der Waals surface area contributed by atoms with Crippen LogP contribution in [-0.2, 0) is 17.6 Å². The number of fused-ring (bicyclic) bond motifs is 2. The number of methoxy groups -OCH3 is 1. The molecule has 3 aliphatic rings. The predicted octanol–water partition coefficient (Wildman–Crippen LogP) is 5.71. The third-order valence-corrected chi connectivity index (χ3v) is 7.64. The summed E-state index contributed by atoms with van der Waals surface area (Å²) in [5, 5.41) is 0. The van der Waals surface area contributed by atoms with Crippen LogP contribution >= 0.6 is 0 Å². The molecule has 5 atom stereocenters. The Bertz CT molecular complexity index is 730. The fraction of sp³-hybridized carbons (Fsp3) is 0.696. The van der Waals surface area contributed by atoms with Crippen molar-refractivity contribution in [2.45, 2.75) is 64.7 Å². The molecule has 0 heterocycles. The zero-order chi connectivity index (χ0) is 19.1. The number of hydrogen-bond acceptors (Lipinski definition) is 2. The number of carbonyl (C=O) groups is 1. The Labute approximate surface area is 160 Å². The summed E-state index contributed by atoms with van der Waals surface area (Å²) in [4.78, 5) is 11.7. The van der Waals surface area contributed by atoms with Crippen LogP contribution in [0.1, 0.15) is 73.4 Å². The molecule has 148 valence electrons. The van der Waals surface area contributed by atoms with E-state index in [1.807, 2.05) is 0 Å². The molecule has 0 aromatic heterocycles. The van der Waals surface area contributed by atoms with E-state index < -0.39 is 17.6 Å². The van der Waals surface area contributed by atoms with Gasteiger partial charge in [-0.05, 0) is 98.1 Å². The highest BCUT2D eigenvalue weighted by molar-refractivity contribution is 5.90. The van der Waals surface area contributed by atoms with Crippen LogP contribution in [0.2, 0.25) is 0 Å². The zero-order valence-corrected chi connectivity index (χ0v) is 16.4. The van der Waals surface area contributed by atoms with Crippen LogP contribution in [-0.4, -0.2) is 13.1 Å². The molecule has 1 aromatic carbocycles. The van der Waals surface area contributed by atoms with Gasteiger partial charge in [-0.25, -0.2) is 13.6 Å². The Morgan fingerprint density at radius 2 is 1.63 bits per heavy atom. The quantitative estimate of drug-likeness (QED) is 0.618. The molecule has 5 unspecified atom stereocenters. The summed E-state index contributed by atoms with van der Waals surface area (Å²) in [5.74, 6) is 0.976. The molecule has 4 heteroatoms. The minimum absolute atomic E-state index is 0.274.